The highest BCUT2D eigenvalue weighted by Crippen LogP contribution is 2.37. The number of hydrogen-bond donors (Lipinski definition) is 1. The van der Waals surface area contributed by atoms with Crippen molar-refractivity contribution in [3.05, 3.63) is 0 Å². The van der Waals surface area contributed by atoms with Crippen LogP contribution in [-0.2, 0) is 4.79 Å². The van der Waals surface area contributed by atoms with Crippen molar-refractivity contribution in [3.63, 3.8) is 0 Å². The van der Waals surface area contributed by atoms with Gasteiger partial charge in [-0.05, 0) is 65.1 Å². The minimum absolute atomic E-state index is 0.290. The number of nitrogens with zero attached hydrogens (tertiary/aromatic N) is 2. The summed E-state index contributed by atoms with van der Waals surface area (Å²) in [5, 5.41) is 3.73. The van der Waals surface area contributed by atoms with Crippen LogP contribution in [0.25, 0.3) is 0 Å². The number of piperidine rings is 1. The molecule has 2 aliphatic heterocycles. The third-order valence-electron chi connectivity index (χ3n) is 6.11. The molecule has 2 heterocycles. The molecular formula is C17H31N3O. The van der Waals surface area contributed by atoms with Crippen molar-refractivity contribution in [2.75, 3.05) is 20.1 Å². The Morgan fingerprint density at radius 2 is 1.81 bits per heavy atom. The zero-order valence-corrected chi connectivity index (χ0v) is 13.9. The van der Waals surface area contributed by atoms with Crippen LogP contribution in [0, 0.1) is 5.92 Å². The normalized spacial score (nSPS) is 36.8. The first kappa shape index (κ1) is 15.3. The van der Waals surface area contributed by atoms with Crippen LogP contribution >= 0.6 is 0 Å². The van der Waals surface area contributed by atoms with Crippen molar-refractivity contribution in [2.45, 2.75) is 76.5 Å². The lowest BCUT2D eigenvalue weighted by molar-refractivity contribution is -0.136. The summed E-state index contributed by atoms with van der Waals surface area (Å²) in [7, 11) is 2.19. The molecule has 0 spiro atoms. The van der Waals surface area contributed by atoms with Crippen LogP contribution in [0.2, 0.25) is 0 Å². The van der Waals surface area contributed by atoms with Crippen LogP contribution in [0.1, 0.15) is 58.8 Å². The molecule has 1 aliphatic carbocycles. The molecule has 3 aliphatic rings. The van der Waals surface area contributed by atoms with E-state index < -0.39 is 0 Å². The number of hydrogen-bond acceptors (Lipinski definition) is 3. The Labute approximate surface area is 129 Å². The Morgan fingerprint density at radius 1 is 1.19 bits per heavy atom. The van der Waals surface area contributed by atoms with Crippen LogP contribution in [0.3, 0.4) is 0 Å². The standard InChI is InChI=1S/C17H31N3O/c1-4-17(2)16(21)20(14-9-11-19(3)12-10-14)15(18-17)13-7-5-6-8-13/h13-15,18H,4-12H2,1-3H3. The number of carbonyl (C=O) groups excluding carboxylic acids is 1. The second-order valence-electron chi connectivity index (χ2n) is 7.57. The zero-order valence-electron chi connectivity index (χ0n) is 13.9. The monoisotopic (exact) mass is 293 g/mol. The van der Waals surface area contributed by atoms with Crippen molar-refractivity contribution in [1.82, 2.24) is 15.1 Å². The molecule has 1 N–H and O–H groups in total. The van der Waals surface area contributed by atoms with E-state index in [4.69, 9.17) is 0 Å². The Bertz CT molecular complexity index is 385. The highest BCUT2D eigenvalue weighted by Gasteiger charge is 2.51. The smallest absolute Gasteiger partial charge is 0.244 e. The Kier molecular flexibility index (Phi) is 4.28. The Balaban J connectivity index is 1.80. The van der Waals surface area contributed by atoms with Gasteiger partial charge in [0.05, 0.1) is 11.7 Å². The number of nitrogens with one attached hydrogen (secondary N) is 1. The molecular weight excluding hydrogens is 262 g/mol. The fourth-order valence-electron chi connectivity index (χ4n) is 4.41. The maximum atomic E-state index is 13.1. The van der Waals surface area contributed by atoms with Crippen molar-refractivity contribution in [2.24, 2.45) is 5.92 Å². The SMILES string of the molecule is CCC1(C)NC(C2CCCC2)N(C2CCN(C)CC2)C1=O. The highest BCUT2D eigenvalue weighted by molar-refractivity contribution is 5.88. The van der Waals surface area contributed by atoms with E-state index in [1.54, 1.807) is 0 Å². The fourth-order valence-corrected chi connectivity index (χ4v) is 4.41. The van der Waals surface area contributed by atoms with Crippen molar-refractivity contribution in [1.29, 1.82) is 0 Å². The van der Waals surface area contributed by atoms with E-state index in [-0.39, 0.29) is 5.54 Å². The maximum Gasteiger partial charge on any atom is 0.244 e. The second kappa shape index (κ2) is 5.88. The lowest BCUT2D eigenvalue weighted by Crippen LogP contribution is -2.51. The lowest BCUT2D eigenvalue weighted by atomic mass is 9.97. The third kappa shape index (κ3) is 2.72. The summed E-state index contributed by atoms with van der Waals surface area (Å²) >= 11 is 0. The van der Waals surface area contributed by atoms with Gasteiger partial charge >= 0.3 is 0 Å². The molecule has 0 bridgehead atoms. The van der Waals surface area contributed by atoms with E-state index in [1.807, 2.05) is 0 Å². The van der Waals surface area contributed by atoms with Gasteiger partial charge in [0.25, 0.3) is 0 Å². The lowest BCUT2D eigenvalue weighted by Gasteiger charge is -2.39. The number of likely N-dealkylation sites (tertiary alicyclic amines) is 1. The number of rotatable bonds is 3. The van der Waals surface area contributed by atoms with Gasteiger partial charge in [0, 0.05) is 6.04 Å². The summed E-state index contributed by atoms with van der Waals surface area (Å²) in [6, 6.07) is 0.445. The van der Waals surface area contributed by atoms with Crippen molar-refractivity contribution in [3.8, 4) is 0 Å². The molecule has 21 heavy (non-hydrogen) atoms. The fraction of sp³-hybridized carbons (Fsp3) is 0.941. The van der Waals surface area contributed by atoms with Crippen LogP contribution in [0.15, 0.2) is 0 Å². The second-order valence-corrected chi connectivity index (χ2v) is 7.57. The van der Waals surface area contributed by atoms with Gasteiger partial charge in [-0.25, -0.2) is 0 Å². The first-order chi connectivity index (χ1) is 10.0. The molecule has 1 saturated carbocycles. The van der Waals surface area contributed by atoms with Gasteiger partial charge in [-0.2, -0.15) is 0 Å². The molecule has 1 amide bonds. The van der Waals surface area contributed by atoms with E-state index in [0.717, 1.165) is 32.4 Å². The van der Waals surface area contributed by atoms with Crippen LogP contribution in [0.5, 0.6) is 0 Å². The predicted octanol–water partition coefficient (Wildman–Crippen LogP) is 2.20. The molecule has 3 rings (SSSR count). The van der Waals surface area contributed by atoms with Gasteiger partial charge in [-0.15, -0.1) is 0 Å². The molecule has 2 unspecified atom stereocenters. The Morgan fingerprint density at radius 3 is 2.38 bits per heavy atom. The van der Waals surface area contributed by atoms with Gasteiger partial charge in [-0.1, -0.05) is 19.8 Å². The third-order valence-corrected chi connectivity index (χ3v) is 6.11. The molecule has 0 radical (unpaired) electrons. The van der Waals surface area contributed by atoms with Gasteiger partial charge in [-0.3, -0.25) is 10.1 Å². The van der Waals surface area contributed by atoms with Crippen LogP contribution in [-0.4, -0.2) is 53.6 Å². The van der Waals surface area contributed by atoms with E-state index >= 15 is 0 Å². The summed E-state index contributed by atoms with van der Waals surface area (Å²) in [5.74, 6) is 1.03. The highest BCUT2D eigenvalue weighted by atomic mass is 16.2. The quantitative estimate of drug-likeness (QED) is 0.866. The summed E-state index contributed by atoms with van der Waals surface area (Å²) in [6.07, 6.45) is 8.68. The molecule has 2 atom stereocenters. The van der Waals surface area contributed by atoms with Crippen molar-refractivity contribution < 1.29 is 4.79 Å². The molecule has 4 heteroatoms. The Hall–Kier alpha value is -0.610. The average molecular weight is 293 g/mol. The minimum Gasteiger partial charge on any atom is -0.322 e. The topological polar surface area (TPSA) is 35.6 Å². The van der Waals surface area contributed by atoms with E-state index in [0.29, 0.717) is 24.0 Å². The molecule has 0 aromatic carbocycles. The van der Waals surface area contributed by atoms with Gasteiger partial charge in [0.1, 0.15) is 0 Å². The van der Waals surface area contributed by atoms with Gasteiger partial charge < -0.3 is 9.80 Å². The van der Waals surface area contributed by atoms with Gasteiger partial charge in [0.15, 0.2) is 0 Å². The summed E-state index contributed by atoms with van der Waals surface area (Å²) in [5.41, 5.74) is -0.337. The molecule has 0 aromatic heterocycles. The van der Waals surface area contributed by atoms with Crippen LogP contribution in [0.4, 0.5) is 0 Å². The molecule has 2 saturated heterocycles. The number of carbonyl (C=O) groups is 1. The average Bonchev–Trinajstić information content (AvgIpc) is 3.09. The first-order valence-electron chi connectivity index (χ1n) is 8.84. The van der Waals surface area contributed by atoms with E-state index in [1.165, 1.54) is 25.7 Å². The molecule has 3 fully saturated rings. The molecule has 120 valence electrons. The molecule has 4 nitrogen and oxygen atoms in total. The predicted molar refractivity (Wildman–Crippen MR) is 84.9 cm³/mol. The number of amides is 1. The largest absolute Gasteiger partial charge is 0.322 e. The summed E-state index contributed by atoms with van der Waals surface area (Å²) < 4.78 is 0. The summed E-state index contributed by atoms with van der Waals surface area (Å²) in [6.45, 7) is 6.48. The van der Waals surface area contributed by atoms with Crippen molar-refractivity contribution >= 4 is 5.91 Å². The van der Waals surface area contributed by atoms with E-state index in [2.05, 4.69) is 36.0 Å². The maximum absolute atomic E-state index is 13.1. The first-order valence-corrected chi connectivity index (χ1v) is 8.84. The van der Waals surface area contributed by atoms with E-state index in [9.17, 15) is 4.79 Å². The molecule has 0 aromatic rings. The minimum atomic E-state index is -0.337. The van der Waals surface area contributed by atoms with Crippen LogP contribution < -0.4 is 5.32 Å². The summed E-state index contributed by atoms with van der Waals surface area (Å²) in [4.78, 5) is 17.7. The van der Waals surface area contributed by atoms with Gasteiger partial charge in [0.2, 0.25) is 5.91 Å². The zero-order chi connectivity index (χ0) is 15.0.